The molecule has 1 atom stereocenters. The van der Waals surface area contributed by atoms with Crippen molar-refractivity contribution < 1.29 is 4.79 Å². The van der Waals surface area contributed by atoms with Gasteiger partial charge in [-0.1, -0.05) is 36.4 Å². The first-order valence-corrected chi connectivity index (χ1v) is 10.1. The molecule has 0 saturated carbocycles. The van der Waals surface area contributed by atoms with Crippen molar-refractivity contribution in [2.24, 2.45) is 0 Å². The Bertz CT molecular complexity index is 847. The van der Waals surface area contributed by atoms with Gasteiger partial charge in [0.1, 0.15) is 0 Å². The summed E-state index contributed by atoms with van der Waals surface area (Å²) in [6, 6.07) is 7.68. The van der Waals surface area contributed by atoms with E-state index in [1.54, 1.807) is 16.3 Å². The zero-order valence-corrected chi connectivity index (χ0v) is 16.2. The van der Waals surface area contributed by atoms with E-state index in [1.165, 1.54) is 11.8 Å². The van der Waals surface area contributed by atoms with Gasteiger partial charge in [-0.05, 0) is 26.0 Å². The third kappa shape index (κ3) is 4.10. The number of anilines is 1. The number of carbonyl (C=O) groups excluding carboxylic acids is 1. The fourth-order valence-electron chi connectivity index (χ4n) is 2.68. The predicted octanol–water partition coefficient (Wildman–Crippen LogP) is 3.34. The molecule has 5 nitrogen and oxygen atoms in total. The molecule has 2 heterocycles. The van der Waals surface area contributed by atoms with Crippen molar-refractivity contribution >= 4 is 35.1 Å². The van der Waals surface area contributed by atoms with Gasteiger partial charge in [0.2, 0.25) is 5.91 Å². The fourth-order valence-corrected chi connectivity index (χ4v) is 4.68. The molecule has 1 amide bonds. The first-order chi connectivity index (χ1) is 12.0. The van der Waals surface area contributed by atoms with Gasteiger partial charge in [-0.3, -0.25) is 14.2 Å². The van der Waals surface area contributed by atoms with Crippen LogP contribution in [0.2, 0.25) is 0 Å². The molecule has 1 aliphatic rings. The number of carbonyl (C=O) groups is 1. The molecule has 0 aliphatic carbocycles. The van der Waals surface area contributed by atoms with Crippen LogP contribution in [0.15, 0.2) is 39.1 Å². The molecule has 3 rings (SSSR count). The number of fused-ring (bicyclic) bond motifs is 1. The van der Waals surface area contributed by atoms with Crippen LogP contribution in [0.25, 0.3) is 0 Å². The molecule has 25 heavy (non-hydrogen) atoms. The van der Waals surface area contributed by atoms with Crippen molar-refractivity contribution in [1.29, 1.82) is 0 Å². The average Bonchev–Trinajstić information content (AvgIpc) is 2.96. The van der Waals surface area contributed by atoms with Crippen molar-refractivity contribution in [2.45, 2.75) is 49.0 Å². The van der Waals surface area contributed by atoms with Crippen LogP contribution in [0.3, 0.4) is 0 Å². The summed E-state index contributed by atoms with van der Waals surface area (Å²) in [5, 5.41) is 3.88. The van der Waals surface area contributed by atoms with Crippen molar-refractivity contribution in [1.82, 2.24) is 9.55 Å². The zero-order valence-electron chi connectivity index (χ0n) is 14.5. The second-order valence-electron chi connectivity index (χ2n) is 6.06. The number of aromatic nitrogens is 2. The Labute approximate surface area is 155 Å². The standard InChI is InChI=1S/C18H21N3O2S2/c1-4-21-17(23)16-14(9-12(3)25-16)20-18(21)24-10-15(22)19-13-7-5-11(2)6-8-13/h5-8,12H,4,9-10H2,1-3H3,(H,19,22). The number of aryl methyl sites for hydroxylation is 1. The first kappa shape index (κ1) is 18.1. The predicted molar refractivity (Wildman–Crippen MR) is 104 cm³/mol. The second kappa shape index (κ2) is 7.66. The Morgan fingerprint density at radius 3 is 2.80 bits per heavy atom. The number of nitrogens with zero attached hydrogens (tertiary/aromatic N) is 2. The van der Waals surface area contributed by atoms with E-state index >= 15 is 0 Å². The molecule has 1 unspecified atom stereocenters. The normalized spacial score (nSPS) is 15.9. The Kier molecular flexibility index (Phi) is 5.54. The average molecular weight is 376 g/mol. The lowest BCUT2D eigenvalue weighted by Crippen LogP contribution is -2.25. The number of hydrogen-bond acceptors (Lipinski definition) is 5. The van der Waals surface area contributed by atoms with Gasteiger partial charge in [-0.25, -0.2) is 4.98 Å². The molecule has 0 bridgehead atoms. The number of rotatable bonds is 5. The van der Waals surface area contributed by atoms with Crippen LogP contribution in [0.5, 0.6) is 0 Å². The number of hydrogen-bond donors (Lipinski definition) is 1. The number of nitrogens with one attached hydrogen (secondary N) is 1. The molecule has 0 fully saturated rings. The molecule has 0 radical (unpaired) electrons. The Hall–Kier alpha value is -1.73. The second-order valence-corrected chi connectivity index (χ2v) is 8.45. The molecule has 1 aromatic heterocycles. The third-order valence-electron chi connectivity index (χ3n) is 3.95. The lowest BCUT2D eigenvalue weighted by Gasteiger charge is -2.11. The van der Waals surface area contributed by atoms with Gasteiger partial charge in [-0.15, -0.1) is 11.8 Å². The molecule has 0 spiro atoms. The van der Waals surface area contributed by atoms with E-state index in [9.17, 15) is 9.59 Å². The summed E-state index contributed by atoms with van der Waals surface area (Å²) in [5.41, 5.74) is 2.81. The maximum absolute atomic E-state index is 12.6. The van der Waals surface area contributed by atoms with Crippen LogP contribution in [-0.4, -0.2) is 26.5 Å². The van der Waals surface area contributed by atoms with Crippen LogP contribution < -0.4 is 10.9 Å². The highest BCUT2D eigenvalue weighted by Gasteiger charge is 2.26. The molecular formula is C18H21N3O2S2. The van der Waals surface area contributed by atoms with E-state index in [0.29, 0.717) is 17.0 Å². The Balaban J connectivity index is 1.71. The van der Waals surface area contributed by atoms with E-state index in [4.69, 9.17) is 0 Å². The Morgan fingerprint density at radius 1 is 1.40 bits per heavy atom. The highest BCUT2D eigenvalue weighted by atomic mass is 32.2. The number of thioether (sulfide) groups is 2. The molecule has 1 aromatic carbocycles. The molecule has 1 N–H and O–H groups in total. The van der Waals surface area contributed by atoms with E-state index in [0.717, 1.165) is 28.3 Å². The summed E-state index contributed by atoms with van der Waals surface area (Å²) in [5.74, 6) is 0.121. The van der Waals surface area contributed by atoms with Crippen LogP contribution in [0, 0.1) is 6.92 Å². The minimum Gasteiger partial charge on any atom is -0.325 e. The van der Waals surface area contributed by atoms with Crippen molar-refractivity contribution in [2.75, 3.05) is 11.1 Å². The summed E-state index contributed by atoms with van der Waals surface area (Å²) in [7, 11) is 0. The van der Waals surface area contributed by atoms with Gasteiger partial charge >= 0.3 is 0 Å². The lowest BCUT2D eigenvalue weighted by molar-refractivity contribution is -0.113. The Morgan fingerprint density at radius 2 is 2.12 bits per heavy atom. The SMILES string of the molecule is CCn1c(SCC(=O)Nc2ccc(C)cc2)nc2c(c1=O)SC(C)C2. The monoisotopic (exact) mass is 375 g/mol. The largest absolute Gasteiger partial charge is 0.325 e. The molecule has 2 aromatic rings. The van der Waals surface area contributed by atoms with E-state index in [1.807, 2.05) is 38.1 Å². The highest BCUT2D eigenvalue weighted by molar-refractivity contribution is 8.00. The van der Waals surface area contributed by atoms with E-state index in [2.05, 4.69) is 17.2 Å². The number of amides is 1. The molecule has 132 valence electrons. The summed E-state index contributed by atoms with van der Waals surface area (Å²) >= 11 is 2.91. The smallest absolute Gasteiger partial charge is 0.268 e. The van der Waals surface area contributed by atoms with Crippen LogP contribution in [-0.2, 0) is 17.8 Å². The van der Waals surface area contributed by atoms with Gasteiger partial charge in [-0.2, -0.15) is 0 Å². The van der Waals surface area contributed by atoms with Crippen molar-refractivity contribution in [3.63, 3.8) is 0 Å². The van der Waals surface area contributed by atoms with Gasteiger partial charge in [0, 0.05) is 23.9 Å². The maximum atomic E-state index is 12.6. The first-order valence-electron chi connectivity index (χ1n) is 8.27. The van der Waals surface area contributed by atoms with Gasteiger partial charge in [0.05, 0.1) is 16.3 Å². The lowest BCUT2D eigenvalue weighted by atomic mass is 10.2. The molecular weight excluding hydrogens is 354 g/mol. The van der Waals surface area contributed by atoms with Crippen LogP contribution in [0.1, 0.15) is 25.1 Å². The summed E-state index contributed by atoms with van der Waals surface area (Å²) in [4.78, 5) is 30.2. The molecule has 7 heteroatoms. The van der Waals surface area contributed by atoms with Crippen molar-refractivity contribution in [3.8, 4) is 0 Å². The van der Waals surface area contributed by atoms with Crippen LogP contribution in [0.4, 0.5) is 5.69 Å². The van der Waals surface area contributed by atoms with Gasteiger partial charge in [0.15, 0.2) is 5.16 Å². The van der Waals surface area contributed by atoms with Crippen LogP contribution >= 0.6 is 23.5 Å². The quantitative estimate of drug-likeness (QED) is 0.641. The molecule has 1 aliphatic heterocycles. The van der Waals surface area contributed by atoms with E-state index < -0.39 is 0 Å². The van der Waals surface area contributed by atoms with Crippen molar-refractivity contribution in [3.05, 3.63) is 45.9 Å². The summed E-state index contributed by atoms with van der Waals surface area (Å²) in [6.07, 6.45) is 0.808. The fraction of sp³-hybridized carbons (Fsp3) is 0.389. The minimum atomic E-state index is -0.103. The summed E-state index contributed by atoms with van der Waals surface area (Å²) < 4.78 is 1.66. The molecule has 0 saturated heterocycles. The van der Waals surface area contributed by atoms with E-state index in [-0.39, 0.29) is 17.2 Å². The van der Waals surface area contributed by atoms with Gasteiger partial charge in [0.25, 0.3) is 5.56 Å². The highest BCUT2D eigenvalue weighted by Crippen LogP contribution is 2.34. The maximum Gasteiger partial charge on any atom is 0.268 e. The minimum absolute atomic E-state index is 0.0169. The van der Waals surface area contributed by atoms with Gasteiger partial charge < -0.3 is 5.32 Å². The topological polar surface area (TPSA) is 64.0 Å². The number of benzene rings is 1. The zero-order chi connectivity index (χ0) is 18.0. The summed E-state index contributed by atoms with van der Waals surface area (Å²) in [6.45, 7) is 6.58. The third-order valence-corrected chi connectivity index (χ3v) is 6.14.